The summed E-state index contributed by atoms with van der Waals surface area (Å²) in [6.45, 7) is 3.92. The number of nitrogens with zero attached hydrogens (tertiary/aromatic N) is 1. The lowest BCUT2D eigenvalue weighted by Gasteiger charge is -2.26. The van der Waals surface area contributed by atoms with Crippen LogP contribution in [0.25, 0.3) is 0 Å². The molecule has 1 aromatic carbocycles. The Kier molecular flexibility index (Phi) is 5.07. The first-order valence-electron chi connectivity index (χ1n) is 6.18. The van der Waals surface area contributed by atoms with Gasteiger partial charge in [-0.25, -0.2) is 4.79 Å². The molecule has 1 unspecified atom stereocenters. The van der Waals surface area contributed by atoms with Gasteiger partial charge in [0.05, 0.1) is 29.6 Å². The molecule has 2 rings (SSSR count). The second kappa shape index (κ2) is 6.79. The Morgan fingerprint density at radius 3 is 2.79 bits per heavy atom. The van der Waals surface area contributed by atoms with Gasteiger partial charge in [-0.2, -0.15) is 0 Å². The molecule has 1 atom stereocenters. The third-order valence-corrected chi connectivity index (χ3v) is 4.37. The highest BCUT2D eigenvalue weighted by Gasteiger charge is 2.13. The molecule has 0 aliphatic carbocycles. The molecular formula is C13H17NO4S. The number of rotatable bonds is 5. The van der Waals surface area contributed by atoms with Crippen molar-refractivity contribution in [2.75, 3.05) is 38.6 Å². The van der Waals surface area contributed by atoms with Gasteiger partial charge in [0.2, 0.25) is 0 Å². The van der Waals surface area contributed by atoms with Gasteiger partial charge in [-0.1, -0.05) is 6.07 Å². The number of carbonyl (C=O) groups is 1. The molecule has 0 aromatic heterocycles. The molecule has 6 heteroatoms. The molecular weight excluding hydrogens is 266 g/mol. The van der Waals surface area contributed by atoms with Crippen molar-refractivity contribution in [1.82, 2.24) is 4.90 Å². The Morgan fingerprint density at radius 1 is 1.37 bits per heavy atom. The lowest BCUT2D eigenvalue weighted by molar-refractivity contribution is 0.0409. The standard InChI is InChI=1S/C13H17NO4S/c15-13(16)11-2-1-3-12(10-11)19(17)9-6-14-4-7-18-8-5-14/h1-3,10H,4-9H2,(H,15,16). The van der Waals surface area contributed by atoms with Crippen LogP contribution in [-0.2, 0) is 15.5 Å². The molecule has 0 radical (unpaired) electrons. The monoisotopic (exact) mass is 283 g/mol. The maximum absolute atomic E-state index is 12.1. The van der Waals surface area contributed by atoms with Crippen LogP contribution in [0.1, 0.15) is 10.4 Å². The number of morpholine rings is 1. The molecule has 1 fully saturated rings. The highest BCUT2D eigenvalue weighted by atomic mass is 32.2. The van der Waals surface area contributed by atoms with Gasteiger partial charge in [0.15, 0.2) is 0 Å². The maximum atomic E-state index is 12.1. The molecule has 1 N–H and O–H groups in total. The van der Waals surface area contributed by atoms with Gasteiger partial charge >= 0.3 is 5.97 Å². The molecule has 1 aliphatic rings. The molecule has 0 bridgehead atoms. The quantitative estimate of drug-likeness (QED) is 0.867. The molecule has 1 aliphatic heterocycles. The van der Waals surface area contributed by atoms with Crippen LogP contribution in [0.4, 0.5) is 0 Å². The fourth-order valence-corrected chi connectivity index (χ4v) is 3.07. The summed E-state index contributed by atoms with van der Waals surface area (Å²) >= 11 is 0. The van der Waals surface area contributed by atoms with Gasteiger partial charge in [0.1, 0.15) is 0 Å². The van der Waals surface area contributed by atoms with E-state index < -0.39 is 16.8 Å². The summed E-state index contributed by atoms with van der Waals surface area (Å²) in [4.78, 5) is 13.6. The van der Waals surface area contributed by atoms with Gasteiger partial charge in [-0.05, 0) is 18.2 Å². The van der Waals surface area contributed by atoms with E-state index in [1.165, 1.54) is 12.1 Å². The van der Waals surface area contributed by atoms with E-state index in [9.17, 15) is 9.00 Å². The second-order valence-corrected chi connectivity index (χ2v) is 5.91. The van der Waals surface area contributed by atoms with Crippen LogP contribution in [0.3, 0.4) is 0 Å². The number of benzene rings is 1. The van der Waals surface area contributed by atoms with Crippen LogP contribution < -0.4 is 0 Å². The van der Waals surface area contributed by atoms with E-state index in [4.69, 9.17) is 9.84 Å². The number of hydrogen-bond donors (Lipinski definition) is 1. The Balaban J connectivity index is 1.92. The lowest BCUT2D eigenvalue weighted by Crippen LogP contribution is -2.38. The van der Waals surface area contributed by atoms with E-state index in [0.717, 1.165) is 32.8 Å². The van der Waals surface area contributed by atoms with E-state index in [1.54, 1.807) is 12.1 Å². The number of carboxylic acid groups (broad SMARTS) is 1. The predicted octanol–water partition coefficient (Wildman–Crippen LogP) is 0.825. The van der Waals surface area contributed by atoms with Crippen molar-refractivity contribution in [3.05, 3.63) is 29.8 Å². The zero-order chi connectivity index (χ0) is 13.7. The number of aromatic carboxylic acids is 1. The van der Waals surface area contributed by atoms with Crippen molar-refractivity contribution in [2.24, 2.45) is 0 Å². The number of hydrogen-bond acceptors (Lipinski definition) is 4. The number of carboxylic acids is 1. The largest absolute Gasteiger partial charge is 0.478 e. The molecule has 5 nitrogen and oxygen atoms in total. The first kappa shape index (κ1) is 14.2. The van der Waals surface area contributed by atoms with E-state index >= 15 is 0 Å². The third-order valence-electron chi connectivity index (χ3n) is 3.04. The van der Waals surface area contributed by atoms with Gasteiger partial charge < -0.3 is 9.84 Å². The van der Waals surface area contributed by atoms with Gasteiger partial charge in [-0.15, -0.1) is 0 Å². The van der Waals surface area contributed by atoms with E-state index in [-0.39, 0.29) is 5.56 Å². The summed E-state index contributed by atoms with van der Waals surface area (Å²) < 4.78 is 17.4. The SMILES string of the molecule is O=C(O)c1cccc(S(=O)CCN2CCOCC2)c1. The van der Waals surface area contributed by atoms with E-state index in [1.807, 2.05) is 0 Å². The smallest absolute Gasteiger partial charge is 0.335 e. The van der Waals surface area contributed by atoms with Crippen molar-refractivity contribution in [1.29, 1.82) is 0 Å². The fraction of sp³-hybridized carbons (Fsp3) is 0.462. The average molecular weight is 283 g/mol. The fourth-order valence-electron chi connectivity index (χ4n) is 1.93. The summed E-state index contributed by atoms with van der Waals surface area (Å²) in [5, 5.41) is 8.90. The molecule has 0 spiro atoms. The Labute approximate surface area is 114 Å². The summed E-state index contributed by atoms with van der Waals surface area (Å²) in [6, 6.07) is 6.33. The van der Waals surface area contributed by atoms with Gasteiger partial charge in [0.25, 0.3) is 0 Å². The van der Waals surface area contributed by atoms with Crippen LogP contribution >= 0.6 is 0 Å². The Hall–Kier alpha value is -1.24. The molecule has 1 saturated heterocycles. The minimum atomic E-state index is -1.16. The zero-order valence-electron chi connectivity index (χ0n) is 10.6. The second-order valence-electron chi connectivity index (χ2n) is 4.34. The predicted molar refractivity (Wildman–Crippen MR) is 71.9 cm³/mol. The molecule has 1 heterocycles. The van der Waals surface area contributed by atoms with Crippen molar-refractivity contribution in [3.63, 3.8) is 0 Å². The van der Waals surface area contributed by atoms with Gasteiger partial charge in [-0.3, -0.25) is 9.11 Å². The highest BCUT2D eigenvalue weighted by Crippen LogP contribution is 2.10. The molecule has 0 amide bonds. The highest BCUT2D eigenvalue weighted by molar-refractivity contribution is 7.85. The van der Waals surface area contributed by atoms with Crippen molar-refractivity contribution >= 4 is 16.8 Å². The summed E-state index contributed by atoms with van der Waals surface area (Å²) in [5.74, 6) is -0.477. The molecule has 1 aromatic rings. The third kappa shape index (κ3) is 4.12. The van der Waals surface area contributed by atoms with Crippen LogP contribution in [-0.4, -0.2) is 58.8 Å². The van der Waals surface area contributed by atoms with Crippen LogP contribution in [0.2, 0.25) is 0 Å². The van der Waals surface area contributed by atoms with Gasteiger partial charge in [0, 0.05) is 30.3 Å². The summed E-state index contributed by atoms with van der Waals surface area (Å²) in [7, 11) is -1.16. The molecule has 0 saturated carbocycles. The van der Waals surface area contributed by atoms with E-state index in [2.05, 4.69) is 4.90 Å². The van der Waals surface area contributed by atoms with Crippen molar-refractivity contribution in [2.45, 2.75) is 4.90 Å². The van der Waals surface area contributed by atoms with Crippen molar-refractivity contribution in [3.8, 4) is 0 Å². The normalized spacial score (nSPS) is 18.1. The maximum Gasteiger partial charge on any atom is 0.335 e. The Bertz CT molecular complexity index is 471. The topological polar surface area (TPSA) is 66.8 Å². The lowest BCUT2D eigenvalue weighted by atomic mass is 10.2. The minimum absolute atomic E-state index is 0.178. The minimum Gasteiger partial charge on any atom is -0.478 e. The van der Waals surface area contributed by atoms with Crippen LogP contribution in [0, 0.1) is 0 Å². The molecule has 19 heavy (non-hydrogen) atoms. The average Bonchev–Trinajstić information content (AvgIpc) is 2.46. The first-order valence-corrected chi connectivity index (χ1v) is 7.50. The first-order chi connectivity index (χ1) is 9.16. The molecule has 104 valence electrons. The van der Waals surface area contributed by atoms with Crippen LogP contribution in [0.5, 0.6) is 0 Å². The Morgan fingerprint density at radius 2 is 2.11 bits per heavy atom. The van der Waals surface area contributed by atoms with E-state index in [0.29, 0.717) is 10.6 Å². The van der Waals surface area contributed by atoms with Crippen molar-refractivity contribution < 1.29 is 18.8 Å². The number of ether oxygens (including phenoxy) is 1. The summed E-state index contributed by atoms with van der Waals surface area (Å²) in [5.41, 5.74) is 0.178. The summed E-state index contributed by atoms with van der Waals surface area (Å²) in [6.07, 6.45) is 0. The zero-order valence-corrected chi connectivity index (χ0v) is 11.4. The van der Waals surface area contributed by atoms with Crippen LogP contribution in [0.15, 0.2) is 29.2 Å².